The van der Waals surface area contributed by atoms with Crippen LogP contribution in [0.15, 0.2) is 53.7 Å². The molecule has 2 aromatic rings. The molecule has 29 heavy (non-hydrogen) atoms. The normalized spacial score (nSPS) is 17.3. The fourth-order valence-electron chi connectivity index (χ4n) is 3.66. The van der Waals surface area contributed by atoms with Crippen LogP contribution in [0.4, 0.5) is 0 Å². The van der Waals surface area contributed by atoms with Crippen LogP contribution < -0.4 is 15.4 Å². The molecule has 1 aromatic heterocycles. The molecule has 1 aromatic carbocycles. The van der Waals surface area contributed by atoms with Crippen molar-refractivity contribution in [2.45, 2.75) is 45.9 Å². The molecule has 3 rings (SSSR count). The van der Waals surface area contributed by atoms with Gasteiger partial charge < -0.3 is 15.4 Å². The van der Waals surface area contributed by atoms with Gasteiger partial charge in [-0.05, 0) is 44.5 Å². The molecule has 1 atom stereocenters. The van der Waals surface area contributed by atoms with E-state index in [4.69, 9.17) is 9.73 Å². The maximum atomic E-state index is 5.96. The Morgan fingerprint density at radius 1 is 1.17 bits per heavy atom. The van der Waals surface area contributed by atoms with Gasteiger partial charge in [-0.3, -0.25) is 4.90 Å². The first-order valence-corrected chi connectivity index (χ1v) is 10.7. The van der Waals surface area contributed by atoms with Crippen molar-refractivity contribution in [2.24, 2.45) is 4.99 Å². The molecule has 1 fully saturated rings. The minimum atomic E-state index is 0.501. The predicted molar refractivity (Wildman–Crippen MR) is 118 cm³/mol. The highest BCUT2D eigenvalue weighted by atomic mass is 16.5. The lowest BCUT2D eigenvalue weighted by molar-refractivity contribution is 0.267. The highest BCUT2D eigenvalue weighted by Gasteiger charge is 2.22. The molecule has 6 heteroatoms. The van der Waals surface area contributed by atoms with Gasteiger partial charge in [-0.15, -0.1) is 0 Å². The average Bonchev–Trinajstić information content (AvgIpc) is 3.23. The number of nitrogens with one attached hydrogen (secondary N) is 2. The zero-order chi connectivity index (χ0) is 20.3. The van der Waals surface area contributed by atoms with Crippen LogP contribution in [-0.4, -0.2) is 48.1 Å². The molecular formula is C23H33N5O. The summed E-state index contributed by atoms with van der Waals surface area (Å²) in [6, 6.07) is 14.7. The van der Waals surface area contributed by atoms with Crippen molar-refractivity contribution in [3.8, 4) is 5.88 Å². The molecule has 6 nitrogen and oxygen atoms in total. The predicted octanol–water partition coefficient (Wildman–Crippen LogP) is 3.20. The van der Waals surface area contributed by atoms with Crippen LogP contribution in [0, 0.1) is 0 Å². The quantitative estimate of drug-likeness (QED) is 0.504. The third-order valence-electron chi connectivity index (χ3n) is 5.23. The van der Waals surface area contributed by atoms with Gasteiger partial charge in [0.1, 0.15) is 6.61 Å². The highest BCUT2D eigenvalue weighted by Crippen LogP contribution is 2.18. The summed E-state index contributed by atoms with van der Waals surface area (Å²) in [5, 5.41) is 6.86. The van der Waals surface area contributed by atoms with E-state index in [1.165, 1.54) is 19.4 Å². The van der Waals surface area contributed by atoms with E-state index in [2.05, 4.69) is 46.5 Å². The van der Waals surface area contributed by atoms with Gasteiger partial charge in [0.05, 0.1) is 6.54 Å². The maximum absolute atomic E-state index is 5.96. The van der Waals surface area contributed by atoms with E-state index in [-0.39, 0.29) is 0 Å². The molecule has 1 aliphatic rings. The van der Waals surface area contributed by atoms with Gasteiger partial charge in [0.25, 0.3) is 0 Å². The number of hydrogen-bond donors (Lipinski definition) is 2. The molecular weight excluding hydrogens is 362 g/mol. The Kier molecular flexibility index (Phi) is 8.31. The van der Waals surface area contributed by atoms with E-state index in [0.29, 0.717) is 25.1 Å². The van der Waals surface area contributed by atoms with E-state index in [1.807, 2.05) is 30.3 Å². The van der Waals surface area contributed by atoms with Crippen molar-refractivity contribution in [1.82, 2.24) is 20.5 Å². The van der Waals surface area contributed by atoms with E-state index in [9.17, 15) is 0 Å². The third kappa shape index (κ3) is 6.46. The lowest BCUT2D eigenvalue weighted by Crippen LogP contribution is -2.44. The Morgan fingerprint density at radius 2 is 2.03 bits per heavy atom. The zero-order valence-corrected chi connectivity index (χ0v) is 17.6. The summed E-state index contributed by atoms with van der Waals surface area (Å²) in [6.07, 6.45) is 4.29. The third-order valence-corrected chi connectivity index (χ3v) is 5.23. The molecule has 1 aliphatic heterocycles. The summed E-state index contributed by atoms with van der Waals surface area (Å²) >= 11 is 0. The molecule has 0 bridgehead atoms. The average molecular weight is 396 g/mol. The number of hydrogen-bond acceptors (Lipinski definition) is 4. The minimum Gasteiger partial charge on any atom is -0.473 e. The topological polar surface area (TPSA) is 61.8 Å². The molecule has 2 N–H and O–H groups in total. The standard InChI is InChI=1S/C23H33N5O/c1-3-24-23(27-17-21-13-9-15-28(21)4-2)26-16-20-12-8-14-25-22(20)29-18-19-10-6-5-7-11-19/h5-8,10-12,14,21H,3-4,9,13,15-18H2,1-2H3,(H2,24,26,27). The van der Waals surface area contributed by atoms with Gasteiger partial charge in [0.15, 0.2) is 5.96 Å². The van der Waals surface area contributed by atoms with Crippen LogP contribution in [0.1, 0.15) is 37.8 Å². The van der Waals surface area contributed by atoms with E-state index >= 15 is 0 Å². The monoisotopic (exact) mass is 395 g/mol. The first-order valence-electron chi connectivity index (χ1n) is 10.7. The van der Waals surface area contributed by atoms with Gasteiger partial charge in [-0.2, -0.15) is 0 Å². The Bertz CT molecular complexity index is 765. The number of ether oxygens (including phenoxy) is 1. The van der Waals surface area contributed by atoms with E-state index in [1.54, 1.807) is 6.20 Å². The SMILES string of the molecule is CCNC(=NCc1cccnc1OCc1ccccc1)NCC1CCCN1CC. The second-order valence-electron chi connectivity index (χ2n) is 7.24. The molecule has 0 radical (unpaired) electrons. The Labute approximate surface area is 174 Å². The van der Waals surface area contributed by atoms with Crippen LogP contribution >= 0.6 is 0 Å². The van der Waals surface area contributed by atoms with Gasteiger partial charge >= 0.3 is 0 Å². The fraction of sp³-hybridized carbons (Fsp3) is 0.478. The number of aromatic nitrogens is 1. The van der Waals surface area contributed by atoms with Crippen molar-refractivity contribution in [2.75, 3.05) is 26.2 Å². The number of nitrogens with zero attached hydrogens (tertiary/aromatic N) is 3. The van der Waals surface area contributed by atoms with Crippen molar-refractivity contribution in [1.29, 1.82) is 0 Å². The molecule has 0 saturated carbocycles. The molecule has 156 valence electrons. The van der Waals surface area contributed by atoms with Crippen molar-refractivity contribution >= 4 is 5.96 Å². The molecule has 0 amide bonds. The summed E-state index contributed by atoms with van der Waals surface area (Å²) in [7, 11) is 0. The molecule has 1 unspecified atom stereocenters. The molecule has 2 heterocycles. The Hall–Kier alpha value is -2.60. The van der Waals surface area contributed by atoms with E-state index < -0.39 is 0 Å². The zero-order valence-electron chi connectivity index (χ0n) is 17.6. The maximum Gasteiger partial charge on any atom is 0.218 e. The molecule has 0 aliphatic carbocycles. The first kappa shape index (κ1) is 21.1. The number of likely N-dealkylation sites (N-methyl/N-ethyl adjacent to an activating group) is 1. The van der Waals surface area contributed by atoms with Crippen molar-refractivity contribution in [3.63, 3.8) is 0 Å². The smallest absolute Gasteiger partial charge is 0.218 e. The summed E-state index contributed by atoms with van der Waals surface area (Å²) < 4.78 is 5.96. The first-order chi connectivity index (χ1) is 14.3. The minimum absolute atomic E-state index is 0.501. The summed E-state index contributed by atoms with van der Waals surface area (Å²) in [6.45, 7) is 9.41. The second-order valence-corrected chi connectivity index (χ2v) is 7.24. The van der Waals surface area contributed by atoms with Gasteiger partial charge in [-0.25, -0.2) is 9.98 Å². The summed E-state index contributed by atoms with van der Waals surface area (Å²) in [5.74, 6) is 1.48. The van der Waals surface area contributed by atoms with Gasteiger partial charge in [0.2, 0.25) is 5.88 Å². The van der Waals surface area contributed by atoms with Crippen LogP contribution in [0.2, 0.25) is 0 Å². The van der Waals surface area contributed by atoms with Crippen molar-refractivity contribution in [3.05, 3.63) is 59.8 Å². The number of aliphatic imine (C=N–C) groups is 1. The lowest BCUT2D eigenvalue weighted by Gasteiger charge is -2.24. The second kappa shape index (κ2) is 11.4. The largest absolute Gasteiger partial charge is 0.473 e. The van der Waals surface area contributed by atoms with Crippen molar-refractivity contribution < 1.29 is 4.74 Å². The van der Waals surface area contributed by atoms with Crippen LogP contribution in [0.3, 0.4) is 0 Å². The van der Waals surface area contributed by atoms with Gasteiger partial charge in [-0.1, -0.05) is 43.3 Å². The van der Waals surface area contributed by atoms with E-state index in [0.717, 1.165) is 36.7 Å². The highest BCUT2D eigenvalue weighted by molar-refractivity contribution is 5.79. The fourth-order valence-corrected chi connectivity index (χ4v) is 3.66. The Morgan fingerprint density at radius 3 is 2.83 bits per heavy atom. The number of likely N-dealkylation sites (tertiary alicyclic amines) is 1. The van der Waals surface area contributed by atoms with Gasteiger partial charge in [0, 0.05) is 30.9 Å². The summed E-state index contributed by atoms with van der Waals surface area (Å²) in [5.41, 5.74) is 2.11. The van der Waals surface area contributed by atoms with Crippen LogP contribution in [-0.2, 0) is 13.2 Å². The molecule has 1 saturated heterocycles. The lowest BCUT2D eigenvalue weighted by atomic mass is 10.2. The molecule has 0 spiro atoms. The van der Waals surface area contributed by atoms with Crippen LogP contribution in [0.5, 0.6) is 5.88 Å². The number of pyridine rings is 1. The number of rotatable bonds is 9. The summed E-state index contributed by atoms with van der Waals surface area (Å²) in [4.78, 5) is 11.7. The Balaban J connectivity index is 1.59. The number of guanidine groups is 1. The number of benzene rings is 1. The van der Waals surface area contributed by atoms with Crippen LogP contribution in [0.25, 0.3) is 0 Å².